The van der Waals surface area contributed by atoms with E-state index in [1.165, 1.54) is 0 Å². The molecule has 0 aliphatic carbocycles. The van der Waals surface area contributed by atoms with Crippen molar-refractivity contribution in [1.29, 1.82) is 5.26 Å². The lowest BCUT2D eigenvalue weighted by atomic mass is 9.96. The Labute approximate surface area is 137 Å². The molecule has 1 N–H and O–H groups in total. The van der Waals surface area contributed by atoms with E-state index in [1.54, 1.807) is 4.90 Å². The highest BCUT2D eigenvalue weighted by molar-refractivity contribution is 5.79. The first-order chi connectivity index (χ1) is 11.1. The van der Waals surface area contributed by atoms with Gasteiger partial charge in [0.05, 0.1) is 12.5 Å². The van der Waals surface area contributed by atoms with Crippen LogP contribution in [0.25, 0.3) is 0 Å². The number of amides is 2. The molecular weight excluding hydrogens is 290 g/mol. The Balaban J connectivity index is 1.70. The van der Waals surface area contributed by atoms with Gasteiger partial charge in [0.25, 0.3) is 0 Å². The van der Waals surface area contributed by atoms with E-state index in [2.05, 4.69) is 5.32 Å². The van der Waals surface area contributed by atoms with Gasteiger partial charge in [-0.05, 0) is 31.2 Å². The summed E-state index contributed by atoms with van der Waals surface area (Å²) >= 11 is 0. The van der Waals surface area contributed by atoms with Gasteiger partial charge in [-0.2, -0.15) is 5.26 Å². The summed E-state index contributed by atoms with van der Waals surface area (Å²) in [5.41, 5.74) is 2.18. The SMILES string of the molecule is Cc1cccc(CC(=O)NCC2CCN(C(=O)CC#N)CC2)c1. The van der Waals surface area contributed by atoms with Gasteiger partial charge in [-0.3, -0.25) is 9.59 Å². The van der Waals surface area contributed by atoms with Crippen LogP contribution in [0.4, 0.5) is 0 Å². The molecule has 5 nitrogen and oxygen atoms in total. The zero-order valence-corrected chi connectivity index (χ0v) is 13.5. The highest BCUT2D eigenvalue weighted by atomic mass is 16.2. The predicted octanol–water partition coefficient (Wildman–Crippen LogP) is 1.81. The van der Waals surface area contributed by atoms with E-state index in [0.29, 0.717) is 32.0 Å². The number of nitrogens with zero attached hydrogens (tertiary/aromatic N) is 2. The second-order valence-corrected chi connectivity index (χ2v) is 6.13. The lowest BCUT2D eigenvalue weighted by Crippen LogP contribution is -2.41. The Morgan fingerprint density at radius 3 is 2.74 bits per heavy atom. The summed E-state index contributed by atoms with van der Waals surface area (Å²) in [6, 6.07) is 9.87. The standard InChI is InChI=1S/C18H23N3O2/c1-14-3-2-4-16(11-14)12-17(22)20-13-15-6-9-21(10-7-15)18(23)5-8-19/h2-4,11,15H,5-7,9-10,12-13H2,1H3,(H,20,22). The molecule has 1 aromatic carbocycles. The van der Waals surface area contributed by atoms with Crippen molar-refractivity contribution in [2.24, 2.45) is 5.92 Å². The molecule has 1 heterocycles. The van der Waals surface area contributed by atoms with E-state index in [9.17, 15) is 9.59 Å². The van der Waals surface area contributed by atoms with Crippen LogP contribution in [0.5, 0.6) is 0 Å². The third kappa shape index (κ3) is 5.41. The van der Waals surface area contributed by atoms with Crippen LogP contribution in [0.15, 0.2) is 24.3 Å². The molecule has 0 bridgehead atoms. The summed E-state index contributed by atoms with van der Waals surface area (Å²) in [5, 5.41) is 11.6. The average Bonchev–Trinajstić information content (AvgIpc) is 2.54. The third-order valence-corrected chi connectivity index (χ3v) is 4.23. The fourth-order valence-electron chi connectivity index (χ4n) is 2.89. The average molecular weight is 313 g/mol. The second-order valence-electron chi connectivity index (χ2n) is 6.13. The molecule has 2 amide bonds. The number of hydrogen-bond acceptors (Lipinski definition) is 3. The molecule has 1 fully saturated rings. The summed E-state index contributed by atoms with van der Waals surface area (Å²) in [7, 11) is 0. The van der Waals surface area contributed by atoms with E-state index in [-0.39, 0.29) is 18.2 Å². The molecule has 0 saturated carbocycles. The monoisotopic (exact) mass is 313 g/mol. The van der Waals surface area contributed by atoms with Crippen LogP contribution in [-0.4, -0.2) is 36.3 Å². The van der Waals surface area contributed by atoms with E-state index < -0.39 is 0 Å². The van der Waals surface area contributed by atoms with Crippen LogP contribution in [0.1, 0.15) is 30.4 Å². The van der Waals surface area contributed by atoms with Crippen molar-refractivity contribution in [2.45, 2.75) is 32.6 Å². The predicted molar refractivity (Wildman–Crippen MR) is 87.4 cm³/mol. The van der Waals surface area contributed by atoms with E-state index >= 15 is 0 Å². The number of carbonyl (C=O) groups is 2. The third-order valence-electron chi connectivity index (χ3n) is 4.23. The molecule has 0 radical (unpaired) electrons. The minimum absolute atomic E-state index is 0.0404. The molecule has 122 valence electrons. The van der Waals surface area contributed by atoms with Gasteiger partial charge in [-0.15, -0.1) is 0 Å². The molecule has 2 rings (SSSR count). The van der Waals surface area contributed by atoms with Crippen LogP contribution in [0, 0.1) is 24.2 Å². The number of hydrogen-bond donors (Lipinski definition) is 1. The molecule has 1 aromatic rings. The van der Waals surface area contributed by atoms with Crippen molar-refractivity contribution in [3.63, 3.8) is 0 Å². The largest absolute Gasteiger partial charge is 0.356 e. The Morgan fingerprint density at radius 1 is 1.35 bits per heavy atom. The lowest BCUT2D eigenvalue weighted by molar-refractivity contribution is -0.131. The first kappa shape index (κ1) is 17.0. The molecule has 0 unspecified atom stereocenters. The molecule has 1 aliphatic rings. The number of nitrogens with one attached hydrogen (secondary N) is 1. The lowest BCUT2D eigenvalue weighted by Gasteiger charge is -2.31. The first-order valence-electron chi connectivity index (χ1n) is 8.05. The summed E-state index contributed by atoms with van der Waals surface area (Å²) in [4.78, 5) is 25.4. The maximum absolute atomic E-state index is 12.0. The number of carbonyl (C=O) groups excluding carboxylic acids is 2. The Bertz CT molecular complexity index is 599. The quantitative estimate of drug-likeness (QED) is 0.901. The van der Waals surface area contributed by atoms with Gasteiger partial charge in [0.15, 0.2) is 0 Å². The zero-order valence-electron chi connectivity index (χ0n) is 13.5. The smallest absolute Gasteiger partial charge is 0.236 e. The number of piperidine rings is 1. The van der Waals surface area contributed by atoms with Gasteiger partial charge >= 0.3 is 0 Å². The maximum atomic E-state index is 12.0. The Kier molecular flexibility index (Phi) is 6.16. The molecule has 0 spiro atoms. The summed E-state index contributed by atoms with van der Waals surface area (Å²) in [6.07, 6.45) is 2.11. The highest BCUT2D eigenvalue weighted by Crippen LogP contribution is 2.17. The minimum Gasteiger partial charge on any atom is -0.356 e. The number of likely N-dealkylation sites (tertiary alicyclic amines) is 1. The number of benzene rings is 1. The number of rotatable bonds is 5. The topological polar surface area (TPSA) is 73.2 Å². The number of nitriles is 1. The van der Waals surface area contributed by atoms with Crippen LogP contribution >= 0.6 is 0 Å². The molecule has 1 aliphatic heterocycles. The van der Waals surface area contributed by atoms with Gasteiger partial charge in [0, 0.05) is 19.6 Å². The zero-order chi connectivity index (χ0) is 16.7. The molecule has 0 atom stereocenters. The van der Waals surface area contributed by atoms with E-state index in [1.807, 2.05) is 37.3 Å². The molecule has 23 heavy (non-hydrogen) atoms. The van der Waals surface area contributed by atoms with Gasteiger partial charge in [-0.25, -0.2) is 0 Å². The van der Waals surface area contributed by atoms with Crippen molar-refractivity contribution in [3.05, 3.63) is 35.4 Å². The maximum Gasteiger partial charge on any atom is 0.236 e. The summed E-state index contributed by atoms with van der Waals surface area (Å²) in [6.45, 7) is 4.03. The second kappa shape index (κ2) is 8.33. The van der Waals surface area contributed by atoms with Crippen molar-refractivity contribution in [3.8, 4) is 6.07 Å². The first-order valence-corrected chi connectivity index (χ1v) is 8.05. The fraction of sp³-hybridized carbons (Fsp3) is 0.500. The van der Waals surface area contributed by atoms with Crippen LogP contribution in [-0.2, 0) is 16.0 Å². The Hall–Kier alpha value is -2.35. The van der Waals surface area contributed by atoms with Gasteiger partial charge < -0.3 is 10.2 Å². The normalized spacial score (nSPS) is 15.0. The molecule has 0 aromatic heterocycles. The van der Waals surface area contributed by atoms with E-state index in [0.717, 1.165) is 24.0 Å². The number of aryl methyl sites for hydroxylation is 1. The summed E-state index contributed by atoms with van der Waals surface area (Å²) in [5.74, 6) is 0.357. The Morgan fingerprint density at radius 2 is 2.09 bits per heavy atom. The van der Waals surface area contributed by atoms with E-state index in [4.69, 9.17) is 5.26 Å². The summed E-state index contributed by atoms with van der Waals surface area (Å²) < 4.78 is 0. The molecule has 1 saturated heterocycles. The van der Waals surface area contributed by atoms with Gasteiger partial charge in [-0.1, -0.05) is 29.8 Å². The van der Waals surface area contributed by atoms with Crippen LogP contribution in [0.2, 0.25) is 0 Å². The van der Waals surface area contributed by atoms with Gasteiger partial charge in [0.2, 0.25) is 11.8 Å². The fourth-order valence-corrected chi connectivity index (χ4v) is 2.89. The van der Waals surface area contributed by atoms with Gasteiger partial charge in [0.1, 0.15) is 6.42 Å². The van der Waals surface area contributed by atoms with Crippen molar-refractivity contribution in [2.75, 3.05) is 19.6 Å². The van der Waals surface area contributed by atoms with Crippen LogP contribution in [0.3, 0.4) is 0 Å². The van der Waals surface area contributed by atoms with Crippen molar-refractivity contribution >= 4 is 11.8 Å². The molecular formula is C18H23N3O2. The van der Waals surface area contributed by atoms with Crippen molar-refractivity contribution in [1.82, 2.24) is 10.2 Å². The van der Waals surface area contributed by atoms with Crippen molar-refractivity contribution < 1.29 is 9.59 Å². The highest BCUT2D eigenvalue weighted by Gasteiger charge is 2.22. The minimum atomic E-state index is -0.0885. The van der Waals surface area contributed by atoms with Crippen LogP contribution < -0.4 is 5.32 Å². The molecule has 5 heteroatoms.